The molecule has 0 atom stereocenters. The first kappa shape index (κ1) is 19.3. The molecule has 1 amide bonds. The predicted molar refractivity (Wildman–Crippen MR) is 99.9 cm³/mol. The van der Waals surface area contributed by atoms with Crippen molar-refractivity contribution in [3.63, 3.8) is 0 Å². The van der Waals surface area contributed by atoms with E-state index in [0.717, 1.165) is 0 Å². The zero-order valence-corrected chi connectivity index (χ0v) is 15.8. The van der Waals surface area contributed by atoms with Crippen LogP contribution in [0.1, 0.15) is 16.2 Å². The lowest BCUT2D eigenvalue weighted by molar-refractivity contribution is 0.0792. The molecular formula is C20H20FN3O4. The Hall–Kier alpha value is -3.42. The molecule has 7 nitrogen and oxygen atoms in total. The van der Waals surface area contributed by atoms with E-state index in [0.29, 0.717) is 35.9 Å². The van der Waals surface area contributed by atoms with Gasteiger partial charge in [-0.05, 0) is 24.3 Å². The Labute approximate surface area is 161 Å². The summed E-state index contributed by atoms with van der Waals surface area (Å²) in [5.74, 6) is 0.883. The molecule has 0 fully saturated rings. The van der Waals surface area contributed by atoms with Crippen LogP contribution in [0.25, 0.3) is 11.5 Å². The normalized spacial score (nSPS) is 10.6. The Balaban J connectivity index is 1.67. The predicted octanol–water partition coefficient (Wildman–Crippen LogP) is 3.21. The van der Waals surface area contributed by atoms with E-state index in [4.69, 9.17) is 14.0 Å². The minimum Gasteiger partial charge on any atom is -0.497 e. The first-order chi connectivity index (χ1) is 13.5. The van der Waals surface area contributed by atoms with Gasteiger partial charge in [-0.15, -0.1) is 0 Å². The van der Waals surface area contributed by atoms with E-state index in [1.807, 2.05) is 0 Å². The molecule has 0 bridgehead atoms. The Morgan fingerprint density at radius 1 is 1.18 bits per heavy atom. The zero-order chi connectivity index (χ0) is 20.1. The first-order valence-corrected chi connectivity index (χ1v) is 8.58. The number of methoxy groups -OCH3 is 2. The van der Waals surface area contributed by atoms with Crippen LogP contribution in [0.2, 0.25) is 0 Å². The van der Waals surface area contributed by atoms with E-state index in [-0.39, 0.29) is 17.4 Å². The van der Waals surface area contributed by atoms with Crippen molar-refractivity contribution >= 4 is 5.91 Å². The summed E-state index contributed by atoms with van der Waals surface area (Å²) in [5, 5.41) is 3.86. The van der Waals surface area contributed by atoms with Crippen LogP contribution in [0.5, 0.6) is 11.5 Å². The molecule has 1 heterocycles. The SMILES string of the molecule is COc1ccc(C(=O)N(C)CCc2noc(-c3ccccc3F)n2)c(OC)c1. The molecule has 28 heavy (non-hydrogen) atoms. The fraction of sp³-hybridized carbons (Fsp3) is 0.250. The molecule has 3 rings (SSSR count). The molecule has 1 aromatic heterocycles. The number of hydrogen-bond acceptors (Lipinski definition) is 6. The highest BCUT2D eigenvalue weighted by Gasteiger charge is 2.19. The maximum atomic E-state index is 13.8. The van der Waals surface area contributed by atoms with Gasteiger partial charge in [0, 0.05) is 26.1 Å². The summed E-state index contributed by atoms with van der Waals surface area (Å²) in [7, 11) is 4.71. The summed E-state index contributed by atoms with van der Waals surface area (Å²) in [6, 6.07) is 11.2. The standard InChI is InChI=1S/C20H20FN3O4/c1-24(20(25)15-9-8-13(26-2)12-17(15)27-3)11-10-18-22-19(28-23-18)14-6-4-5-7-16(14)21/h4-9,12H,10-11H2,1-3H3. The first-order valence-electron chi connectivity index (χ1n) is 8.58. The summed E-state index contributed by atoms with van der Waals surface area (Å²) in [6.07, 6.45) is 0.360. The monoisotopic (exact) mass is 385 g/mol. The van der Waals surface area contributed by atoms with Crippen LogP contribution in [0.15, 0.2) is 47.0 Å². The van der Waals surface area contributed by atoms with Crippen molar-refractivity contribution in [1.29, 1.82) is 0 Å². The fourth-order valence-corrected chi connectivity index (χ4v) is 2.65. The molecule has 0 saturated carbocycles. The van der Waals surface area contributed by atoms with E-state index < -0.39 is 5.82 Å². The van der Waals surface area contributed by atoms with Gasteiger partial charge in [0.25, 0.3) is 11.8 Å². The van der Waals surface area contributed by atoms with Gasteiger partial charge in [0.05, 0.1) is 25.3 Å². The smallest absolute Gasteiger partial charge is 0.260 e. The van der Waals surface area contributed by atoms with Gasteiger partial charge in [-0.25, -0.2) is 4.39 Å². The van der Waals surface area contributed by atoms with E-state index in [2.05, 4.69) is 10.1 Å². The van der Waals surface area contributed by atoms with Crippen LogP contribution in [0.3, 0.4) is 0 Å². The van der Waals surface area contributed by atoms with Crippen molar-refractivity contribution in [2.24, 2.45) is 0 Å². The van der Waals surface area contributed by atoms with Crippen LogP contribution in [0, 0.1) is 5.82 Å². The molecule has 146 valence electrons. The topological polar surface area (TPSA) is 77.7 Å². The molecule has 0 aliphatic carbocycles. The number of ether oxygens (including phenoxy) is 2. The van der Waals surface area contributed by atoms with Crippen molar-refractivity contribution < 1.29 is 23.2 Å². The van der Waals surface area contributed by atoms with E-state index in [1.165, 1.54) is 18.1 Å². The van der Waals surface area contributed by atoms with Crippen LogP contribution in [-0.4, -0.2) is 48.8 Å². The summed E-state index contributed by atoms with van der Waals surface area (Å²) in [6.45, 7) is 0.351. The van der Waals surface area contributed by atoms with Gasteiger partial charge in [-0.2, -0.15) is 4.98 Å². The Morgan fingerprint density at radius 3 is 2.68 bits per heavy atom. The second-order valence-corrected chi connectivity index (χ2v) is 6.04. The molecule has 0 N–H and O–H groups in total. The van der Waals surface area contributed by atoms with Gasteiger partial charge in [0.2, 0.25) is 0 Å². The quantitative estimate of drug-likeness (QED) is 0.622. The van der Waals surface area contributed by atoms with Crippen molar-refractivity contribution in [2.75, 3.05) is 27.8 Å². The fourth-order valence-electron chi connectivity index (χ4n) is 2.65. The van der Waals surface area contributed by atoms with Gasteiger partial charge in [0.15, 0.2) is 5.82 Å². The van der Waals surface area contributed by atoms with Gasteiger partial charge in [-0.3, -0.25) is 4.79 Å². The Bertz CT molecular complexity index is 974. The number of aromatic nitrogens is 2. The number of nitrogens with zero attached hydrogens (tertiary/aromatic N) is 3. The van der Waals surface area contributed by atoms with Gasteiger partial charge in [0.1, 0.15) is 17.3 Å². The average Bonchev–Trinajstić information content (AvgIpc) is 3.20. The number of carbonyl (C=O) groups excluding carboxylic acids is 1. The number of halogens is 1. The van der Waals surface area contributed by atoms with Crippen LogP contribution >= 0.6 is 0 Å². The lowest BCUT2D eigenvalue weighted by Gasteiger charge is -2.18. The van der Waals surface area contributed by atoms with Crippen LogP contribution < -0.4 is 9.47 Å². The maximum Gasteiger partial charge on any atom is 0.260 e. The van der Waals surface area contributed by atoms with Crippen molar-refractivity contribution in [3.05, 3.63) is 59.7 Å². The lowest BCUT2D eigenvalue weighted by atomic mass is 10.1. The molecule has 0 saturated heterocycles. The highest BCUT2D eigenvalue weighted by atomic mass is 19.1. The molecular weight excluding hydrogens is 365 g/mol. The van der Waals surface area contributed by atoms with Crippen molar-refractivity contribution in [1.82, 2.24) is 15.0 Å². The van der Waals surface area contributed by atoms with Gasteiger partial charge in [-0.1, -0.05) is 17.3 Å². The van der Waals surface area contributed by atoms with Crippen LogP contribution in [-0.2, 0) is 6.42 Å². The van der Waals surface area contributed by atoms with Crippen LogP contribution in [0.4, 0.5) is 4.39 Å². The highest BCUT2D eigenvalue weighted by Crippen LogP contribution is 2.25. The number of carbonyl (C=O) groups is 1. The second-order valence-electron chi connectivity index (χ2n) is 6.04. The number of hydrogen-bond donors (Lipinski definition) is 0. The zero-order valence-electron chi connectivity index (χ0n) is 15.8. The number of rotatable bonds is 7. The molecule has 2 aromatic carbocycles. The van der Waals surface area contributed by atoms with Crippen molar-refractivity contribution in [3.8, 4) is 23.0 Å². The third-order valence-electron chi connectivity index (χ3n) is 4.23. The molecule has 0 spiro atoms. The Kier molecular flexibility index (Phi) is 5.88. The third-order valence-corrected chi connectivity index (χ3v) is 4.23. The minimum absolute atomic E-state index is 0.110. The molecule has 8 heteroatoms. The molecule has 0 radical (unpaired) electrons. The third kappa shape index (κ3) is 4.11. The summed E-state index contributed by atoms with van der Waals surface area (Å²) < 4.78 is 29.4. The lowest BCUT2D eigenvalue weighted by Crippen LogP contribution is -2.29. The number of amides is 1. The highest BCUT2D eigenvalue weighted by molar-refractivity contribution is 5.97. The second kappa shape index (κ2) is 8.51. The average molecular weight is 385 g/mol. The van der Waals surface area contributed by atoms with Gasteiger partial charge < -0.3 is 18.9 Å². The summed E-state index contributed by atoms with van der Waals surface area (Å²) in [4.78, 5) is 18.4. The Morgan fingerprint density at radius 2 is 1.96 bits per heavy atom. The minimum atomic E-state index is -0.434. The molecule has 0 unspecified atom stereocenters. The van der Waals surface area contributed by atoms with Crippen molar-refractivity contribution in [2.45, 2.75) is 6.42 Å². The van der Waals surface area contributed by atoms with E-state index >= 15 is 0 Å². The summed E-state index contributed by atoms with van der Waals surface area (Å²) in [5.41, 5.74) is 0.666. The molecule has 3 aromatic rings. The maximum absolute atomic E-state index is 13.8. The number of likely N-dealkylation sites (N-methyl/N-ethyl adjacent to an activating group) is 1. The van der Waals surface area contributed by atoms with E-state index in [9.17, 15) is 9.18 Å². The molecule has 0 aliphatic rings. The molecule has 0 aliphatic heterocycles. The van der Waals surface area contributed by atoms with Gasteiger partial charge >= 0.3 is 0 Å². The number of benzene rings is 2. The van der Waals surface area contributed by atoms with E-state index in [1.54, 1.807) is 50.6 Å². The summed E-state index contributed by atoms with van der Waals surface area (Å²) >= 11 is 0. The largest absolute Gasteiger partial charge is 0.497 e.